The van der Waals surface area contributed by atoms with Gasteiger partial charge in [0, 0.05) is 5.56 Å². The van der Waals surface area contributed by atoms with Crippen LogP contribution in [0.3, 0.4) is 0 Å². The second-order valence-corrected chi connectivity index (χ2v) is 13.4. The molecule has 0 radical (unpaired) electrons. The van der Waals surface area contributed by atoms with E-state index < -0.39 is 0 Å². The minimum Gasteiger partial charge on any atom is -0.507 e. The van der Waals surface area contributed by atoms with Crippen LogP contribution in [0.25, 0.3) is 0 Å². The minimum atomic E-state index is -0.0951. The van der Waals surface area contributed by atoms with Crippen LogP contribution in [-0.4, -0.2) is 10.7 Å². The van der Waals surface area contributed by atoms with Crippen molar-refractivity contribution in [1.29, 1.82) is 0 Å². The molecular formula is C31H54O2. The molecule has 2 nitrogen and oxygen atoms in total. The fraction of sp³-hybridized carbons (Fsp3) is 0.806. The van der Waals surface area contributed by atoms with E-state index in [-0.39, 0.29) is 5.60 Å². The normalized spacial score (nSPS) is 19.0. The first-order valence-electron chi connectivity index (χ1n) is 13.7. The third-order valence-electron chi connectivity index (χ3n) is 8.49. The molecule has 0 saturated carbocycles. The Balaban J connectivity index is 1.83. The Bertz CT molecular complexity index is 787. The Kier molecular flexibility index (Phi) is 9.39. The molecule has 1 aromatic rings. The van der Waals surface area contributed by atoms with Crippen LogP contribution in [-0.2, 0) is 6.42 Å². The van der Waals surface area contributed by atoms with E-state index in [0.29, 0.717) is 16.6 Å². The van der Waals surface area contributed by atoms with Crippen LogP contribution in [0.4, 0.5) is 0 Å². The molecule has 2 rings (SSSR count). The lowest BCUT2D eigenvalue weighted by Crippen LogP contribution is -2.37. The predicted octanol–water partition coefficient (Wildman–Crippen LogP) is 9.62. The zero-order valence-corrected chi connectivity index (χ0v) is 23.7. The van der Waals surface area contributed by atoms with Gasteiger partial charge in [0.15, 0.2) is 0 Å². The van der Waals surface area contributed by atoms with Crippen LogP contribution in [0.1, 0.15) is 135 Å². The van der Waals surface area contributed by atoms with Crippen LogP contribution < -0.4 is 4.74 Å². The van der Waals surface area contributed by atoms with Gasteiger partial charge in [0.1, 0.15) is 17.1 Å². The van der Waals surface area contributed by atoms with Gasteiger partial charge in [-0.3, -0.25) is 0 Å². The lowest BCUT2D eigenvalue weighted by atomic mass is 9.76. The Morgan fingerprint density at radius 1 is 0.848 bits per heavy atom. The van der Waals surface area contributed by atoms with Crippen molar-refractivity contribution in [3.05, 3.63) is 22.3 Å². The standard InChI is InChI=1S/C31H54O2/c1-22(2)14-11-16-29(6,7)17-12-18-30(8,9)19-13-20-31(10)21-15-26-25(5)27(32)23(3)24(4)28(26)33-31/h22,32H,11-21H2,1-10H3/t31-/m0/s1. The highest BCUT2D eigenvalue weighted by molar-refractivity contribution is 5.58. The van der Waals surface area contributed by atoms with E-state index in [0.717, 1.165) is 47.6 Å². The average Bonchev–Trinajstić information content (AvgIpc) is 2.69. The fourth-order valence-electron chi connectivity index (χ4n) is 5.70. The van der Waals surface area contributed by atoms with Crippen LogP contribution in [0.2, 0.25) is 0 Å². The highest BCUT2D eigenvalue weighted by Crippen LogP contribution is 2.45. The van der Waals surface area contributed by atoms with Crippen molar-refractivity contribution in [2.24, 2.45) is 16.7 Å². The van der Waals surface area contributed by atoms with E-state index in [9.17, 15) is 5.11 Å². The fourth-order valence-corrected chi connectivity index (χ4v) is 5.70. The molecule has 1 atom stereocenters. The molecule has 0 spiro atoms. The number of hydrogen-bond acceptors (Lipinski definition) is 2. The Hall–Kier alpha value is -1.18. The topological polar surface area (TPSA) is 29.5 Å². The monoisotopic (exact) mass is 458 g/mol. The second kappa shape index (κ2) is 11.0. The molecule has 0 fully saturated rings. The van der Waals surface area contributed by atoms with E-state index in [1.165, 1.54) is 56.9 Å². The van der Waals surface area contributed by atoms with E-state index in [4.69, 9.17) is 4.74 Å². The van der Waals surface area contributed by atoms with Gasteiger partial charge in [-0.15, -0.1) is 0 Å². The zero-order valence-electron chi connectivity index (χ0n) is 23.7. The van der Waals surface area contributed by atoms with Crippen LogP contribution in [0, 0.1) is 37.5 Å². The van der Waals surface area contributed by atoms with E-state index in [1.54, 1.807) is 0 Å². The van der Waals surface area contributed by atoms with Gasteiger partial charge in [0.25, 0.3) is 0 Å². The van der Waals surface area contributed by atoms with E-state index >= 15 is 0 Å². The molecule has 1 aliphatic heterocycles. The van der Waals surface area contributed by atoms with Crippen molar-refractivity contribution < 1.29 is 9.84 Å². The Morgan fingerprint density at radius 2 is 1.39 bits per heavy atom. The Labute approximate surface area is 205 Å². The number of phenols is 1. The summed E-state index contributed by atoms with van der Waals surface area (Å²) in [5.41, 5.74) is 5.06. The van der Waals surface area contributed by atoms with Gasteiger partial charge >= 0.3 is 0 Å². The summed E-state index contributed by atoms with van der Waals surface area (Å²) in [4.78, 5) is 0. The predicted molar refractivity (Wildman–Crippen MR) is 144 cm³/mol. The average molecular weight is 459 g/mol. The highest BCUT2D eigenvalue weighted by Gasteiger charge is 2.34. The minimum absolute atomic E-state index is 0.0951. The molecule has 1 aliphatic rings. The smallest absolute Gasteiger partial charge is 0.127 e. The van der Waals surface area contributed by atoms with Gasteiger partial charge in [-0.1, -0.05) is 60.8 Å². The molecule has 1 heterocycles. The zero-order chi connectivity index (χ0) is 25.0. The summed E-state index contributed by atoms with van der Waals surface area (Å²) in [5.74, 6) is 2.31. The van der Waals surface area contributed by atoms with Crippen LogP contribution in [0.5, 0.6) is 11.5 Å². The molecular weight excluding hydrogens is 404 g/mol. The number of benzene rings is 1. The van der Waals surface area contributed by atoms with Gasteiger partial charge < -0.3 is 9.84 Å². The van der Waals surface area contributed by atoms with Crippen molar-refractivity contribution in [1.82, 2.24) is 0 Å². The highest BCUT2D eigenvalue weighted by atomic mass is 16.5. The summed E-state index contributed by atoms with van der Waals surface area (Å²) in [6.07, 6.45) is 13.7. The number of fused-ring (bicyclic) bond motifs is 1. The quantitative estimate of drug-likeness (QED) is 0.338. The summed E-state index contributed by atoms with van der Waals surface area (Å²) >= 11 is 0. The summed E-state index contributed by atoms with van der Waals surface area (Å²) < 4.78 is 6.65. The third kappa shape index (κ3) is 7.93. The van der Waals surface area contributed by atoms with Crippen molar-refractivity contribution in [3.63, 3.8) is 0 Å². The van der Waals surface area contributed by atoms with Crippen molar-refractivity contribution in [2.75, 3.05) is 0 Å². The van der Waals surface area contributed by atoms with Crippen molar-refractivity contribution >= 4 is 0 Å². The molecule has 0 bridgehead atoms. The lowest BCUT2D eigenvalue weighted by Gasteiger charge is -2.39. The summed E-state index contributed by atoms with van der Waals surface area (Å²) in [7, 11) is 0. The van der Waals surface area contributed by atoms with Crippen LogP contribution >= 0.6 is 0 Å². The summed E-state index contributed by atoms with van der Waals surface area (Å²) in [6, 6.07) is 0. The van der Waals surface area contributed by atoms with Gasteiger partial charge in [-0.05, 0) is 112 Å². The van der Waals surface area contributed by atoms with E-state index in [1.807, 2.05) is 13.8 Å². The maximum absolute atomic E-state index is 10.4. The molecule has 0 aliphatic carbocycles. The third-order valence-corrected chi connectivity index (χ3v) is 8.49. The summed E-state index contributed by atoms with van der Waals surface area (Å²) in [6.45, 7) is 22.9. The van der Waals surface area contributed by atoms with Gasteiger partial charge in [0.05, 0.1) is 0 Å². The first-order valence-corrected chi connectivity index (χ1v) is 13.7. The molecule has 0 aromatic heterocycles. The first kappa shape index (κ1) is 28.1. The molecule has 33 heavy (non-hydrogen) atoms. The summed E-state index contributed by atoms with van der Waals surface area (Å²) in [5, 5.41) is 10.4. The maximum Gasteiger partial charge on any atom is 0.127 e. The largest absolute Gasteiger partial charge is 0.507 e. The molecule has 1 N–H and O–H groups in total. The van der Waals surface area contributed by atoms with Gasteiger partial charge in [-0.25, -0.2) is 0 Å². The molecule has 0 amide bonds. The van der Waals surface area contributed by atoms with Crippen molar-refractivity contribution in [3.8, 4) is 11.5 Å². The van der Waals surface area contributed by atoms with Crippen molar-refractivity contribution in [2.45, 2.75) is 145 Å². The molecule has 2 heteroatoms. The maximum atomic E-state index is 10.4. The molecule has 0 unspecified atom stereocenters. The molecule has 190 valence electrons. The molecule has 0 saturated heterocycles. The Morgan fingerprint density at radius 3 is 1.97 bits per heavy atom. The number of rotatable bonds is 12. The number of hydrogen-bond donors (Lipinski definition) is 1. The number of aromatic hydroxyl groups is 1. The van der Waals surface area contributed by atoms with E-state index in [2.05, 4.69) is 55.4 Å². The van der Waals surface area contributed by atoms with Gasteiger partial charge in [-0.2, -0.15) is 0 Å². The SMILES string of the molecule is Cc1c(C)c2c(c(C)c1O)CC[C@](C)(CCCC(C)(C)CCCC(C)(C)CCCC(C)C)O2. The number of ether oxygens (including phenoxy) is 1. The number of phenolic OH excluding ortho intramolecular Hbond substituents is 1. The van der Waals surface area contributed by atoms with Crippen LogP contribution in [0.15, 0.2) is 0 Å². The van der Waals surface area contributed by atoms with Gasteiger partial charge in [0.2, 0.25) is 0 Å². The second-order valence-electron chi connectivity index (χ2n) is 13.4. The first-order chi connectivity index (χ1) is 15.2. The lowest BCUT2D eigenvalue weighted by molar-refractivity contribution is 0.0489. The molecule has 1 aromatic carbocycles.